The number of hydrogen-bond donors (Lipinski definition) is 0. The molecule has 3 rings (SSSR count). The van der Waals surface area contributed by atoms with Gasteiger partial charge in [-0.05, 0) is 11.6 Å². The Morgan fingerprint density at radius 2 is 1.55 bits per heavy atom. The van der Waals surface area contributed by atoms with Gasteiger partial charge in [0.15, 0.2) is 22.5 Å². The molecule has 0 bridgehead atoms. The molecule has 0 radical (unpaired) electrons. The van der Waals surface area contributed by atoms with Gasteiger partial charge in [0, 0.05) is 6.07 Å². The largest absolute Gasteiger partial charge is 0.495 e. The van der Waals surface area contributed by atoms with Crippen LogP contribution in [0.15, 0.2) is 45.6 Å². The molecule has 0 saturated heterocycles. The third-order valence-corrected chi connectivity index (χ3v) is 4.30. The fraction of sp³-hybridized carbons (Fsp3) is 0.182. The van der Waals surface area contributed by atoms with Crippen LogP contribution >= 0.6 is 0 Å². The maximum absolute atomic E-state index is 12.9. The van der Waals surface area contributed by atoms with E-state index >= 15 is 0 Å². The van der Waals surface area contributed by atoms with Crippen molar-refractivity contribution in [2.45, 2.75) is 0 Å². The first-order valence-electron chi connectivity index (χ1n) is 8.66. The van der Waals surface area contributed by atoms with Crippen molar-refractivity contribution < 1.29 is 28.2 Å². The molecule has 1 heterocycles. The van der Waals surface area contributed by atoms with Crippen molar-refractivity contribution in [2.24, 2.45) is 0 Å². The molecule has 0 amide bonds. The van der Waals surface area contributed by atoms with Crippen LogP contribution in [-0.2, 0) is 4.74 Å². The minimum absolute atomic E-state index is 0.00293. The van der Waals surface area contributed by atoms with Gasteiger partial charge < -0.3 is 23.4 Å². The Balaban J connectivity index is 2.32. The number of ether oxygens (including phenoxy) is 4. The normalized spacial score (nSPS) is 10.9. The van der Waals surface area contributed by atoms with Crippen molar-refractivity contribution in [3.05, 3.63) is 63.5 Å². The van der Waals surface area contributed by atoms with E-state index < -0.39 is 11.4 Å². The number of carbonyl (C=O) groups is 1. The molecule has 7 heteroatoms. The second-order valence-corrected chi connectivity index (χ2v) is 5.93. The zero-order chi connectivity index (χ0) is 21.0. The summed E-state index contributed by atoms with van der Waals surface area (Å²) in [4.78, 5) is 25.2. The summed E-state index contributed by atoms with van der Waals surface area (Å²) in [5.74, 6) is -0.283. The number of benzene rings is 2. The van der Waals surface area contributed by atoms with E-state index in [9.17, 15) is 9.59 Å². The summed E-state index contributed by atoms with van der Waals surface area (Å²) in [5, 5.41) is 0.0578. The first-order valence-corrected chi connectivity index (χ1v) is 8.66. The van der Waals surface area contributed by atoms with Crippen LogP contribution in [0.4, 0.5) is 0 Å². The number of esters is 1. The summed E-state index contributed by atoms with van der Waals surface area (Å²) < 4.78 is 26.9. The number of carbonyl (C=O) groups excluding carboxylic acids is 1. The van der Waals surface area contributed by atoms with E-state index in [1.807, 2.05) is 36.4 Å². The van der Waals surface area contributed by atoms with Crippen LogP contribution in [0.25, 0.3) is 23.1 Å². The van der Waals surface area contributed by atoms with Crippen LogP contribution in [0.1, 0.15) is 21.7 Å². The number of hydrogen-bond acceptors (Lipinski definition) is 7. The Bertz CT molecular complexity index is 1130. The van der Waals surface area contributed by atoms with E-state index in [0.29, 0.717) is 5.76 Å². The molecule has 0 aliphatic rings. The average Bonchev–Trinajstić information content (AvgIpc) is 2.76. The predicted octanol–water partition coefficient (Wildman–Crippen LogP) is 3.78. The van der Waals surface area contributed by atoms with Gasteiger partial charge in [0.2, 0.25) is 5.75 Å². The SMILES string of the molecule is COC(=O)c1c(OC)c(OC)c2oc(/C=C/c3ccccc3)cc(=O)c2c1OC. The summed E-state index contributed by atoms with van der Waals surface area (Å²) in [6.07, 6.45) is 3.48. The molecule has 0 saturated carbocycles. The summed E-state index contributed by atoms with van der Waals surface area (Å²) in [6.45, 7) is 0. The molecule has 7 nitrogen and oxygen atoms in total. The van der Waals surface area contributed by atoms with Crippen molar-refractivity contribution >= 4 is 29.1 Å². The highest BCUT2D eigenvalue weighted by atomic mass is 16.5. The monoisotopic (exact) mass is 396 g/mol. The lowest BCUT2D eigenvalue weighted by atomic mass is 10.1. The number of rotatable bonds is 6. The van der Waals surface area contributed by atoms with Gasteiger partial charge in [0.25, 0.3) is 0 Å². The van der Waals surface area contributed by atoms with Gasteiger partial charge in [0.1, 0.15) is 16.7 Å². The fourth-order valence-corrected chi connectivity index (χ4v) is 3.03. The second kappa shape index (κ2) is 8.52. The van der Waals surface area contributed by atoms with E-state index in [2.05, 4.69) is 0 Å². The molecule has 0 atom stereocenters. The van der Waals surface area contributed by atoms with E-state index in [1.54, 1.807) is 6.08 Å². The predicted molar refractivity (Wildman–Crippen MR) is 109 cm³/mol. The Morgan fingerprint density at radius 3 is 2.14 bits per heavy atom. The molecule has 0 fully saturated rings. The Morgan fingerprint density at radius 1 is 0.897 bits per heavy atom. The Kier molecular flexibility index (Phi) is 5.87. The lowest BCUT2D eigenvalue weighted by molar-refractivity contribution is 0.0593. The van der Waals surface area contributed by atoms with Crippen molar-refractivity contribution in [2.75, 3.05) is 28.4 Å². The van der Waals surface area contributed by atoms with Crippen LogP contribution in [0.5, 0.6) is 17.2 Å². The molecule has 3 aromatic rings. The second-order valence-electron chi connectivity index (χ2n) is 5.93. The van der Waals surface area contributed by atoms with Crippen LogP contribution in [-0.4, -0.2) is 34.4 Å². The molecular formula is C22H20O7. The molecule has 0 N–H and O–H groups in total. The zero-order valence-corrected chi connectivity index (χ0v) is 16.5. The number of methoxy groups -OCH3 is 4. The standard InChI is InChI=1S/C22H20O7/c1-25-18-16-15(23)12-14(11-10-13-8-6-5-7-9-13)29-20(16)21(27-3)19(26-2)17(18)22(24)28-4/h5-12H,1-4H3/b11-10+. The van der Waals surface area contributed by atoms with Crippen molar-refractivity contribution in [3.63, 3.8) is 0 Å². The lowest BCUT2D eigenvalue weighted by Gasteiger charge is -2.17. The van der Waals surface area contributed by atoms with Crippen LogP contribution < -0.4 is 19.6 Å². The van der Waals surface area contributed by atoms with E-state index in [1.165, 1.54) is 34.5 Å². The molecule has 0 aliphatic carbocycles. The first kappa shape index (κ1) is 20.0. The van der Waals surface area contributed by atoms with Crippen molar-refractivity contribution in [1.82, 2.24) is 0 Å². The maximum Gasteiger partial charge on any atom is 0.345 e. The quantitative estimate of drug-likeness (QED) is 0.586. The summed E-state index contributed by atoms with van der Waals surface area (Å²) in [5.41, 5.74) is 0.594. The lowest BCUT2D eigenvalue weighted by Crippen LogP contribution is -2.12. The van der Waals surface area contributed by atoms with Gasteiger partial charge in [-0.25, -0.2) is 4.79 Å². The van der Waals surface area contributed by atoms with Crippen molar-refractivity contribution in [1.29, 1.82) is 0 Å². The fourth-order valence-electron chi connectivity index (χ4n) is 3.03. The van der Waals surface area contributed by atoms with Gasteiger partial charge in [-0.2, -0.15) is 0 Å². The van der Waals surface area contributed by atoms with Gasteiger partial charge in [0.05, 0.1) is 28.4 Å². The highest BCUT2D eigenvalue weighted by molar-refractivity contribution is 6.06. The van der Waals surface area contributed by atoms with E-state index in [4.69, 9.17) is 23.4 Å². The zero-order valence-electron chi connectivity index (χ0n) is 16.5. The molecule has 0 aliphatic heterocycles. The third kappa shape index (κ3) is 3.67. The minimum atomic E-state index is -0.730. The third-order valence-electron chi connectivity index (χ3n) is 4.30. The van der Waals surface area contributed by atoms with Gasteiger partial charge in [-0.1, -0.05) is 36.4 Å². The summed E-state index contributed by atoms with van der Waals surface area (Å²) in [7, 11) is 5.32. The molecule has 2 aromatic carbocycles. The smallest absolute Gasteiger partial charge is 0.345 e. The Hall–Kier alpha value is -3.74. The highest BCUT2D eigenvalue weighted by Crippen LogP contribution is 2.45. The molecule has 0 unspecified atom stereocenters. The van der Waals surface area contributed by atoms with Gasteiger partial charge in [-0.15, -0.1) is 0 Å². The van der Waals surface area contributed by atoms with Crippen LogP contribution in [0, 0.1) is 0 Å². The first-order chi connectivity index (χ1) is 14.0. The Labute approximate surface area is 167 Å². The molecule has 150 valence electrons. The van der Waals surface area contributed by atoms with Crippen LogP contribution in [0.2, 0.25) is 0 Å². The van der Waals surface area contributed by atoms with Crippen molar-refractivity contribution in [3.8, 4) is 17.2 Å². The molecular weight excluding hydrogens is 376 g/mol. The molecule has 29 heavy (non-hydrogen) atoms. The average molecular weight is 396 g/mol. The number of fused-ring (bicyclic) bond motifs is 1. The van der Waals surface area contributed by atoms with E-state index in [-0.39, 0.29) is 33.8 Å². The van der Waals surface area contributed by atoms with Gasteiger partial charge in [-0.3, -0.25) is 4.79 Å². The summed E-state index contributed by atoms with van der Waals surface area (Å²) >= 11 is 0. The van der Waals surface area contributed by atoms with Gasteiger partial charge >= 0.3 is 5.97 Å². The van der Waals surface area contributed by atoms with Crippen LogP contribution in [0.3, 0.4) is 0 Å². The topological polar surface area (TPSA) is 84.2 Å². The van der Waals surface area contributed by atoms with E-state index in [0.717, 1.165) is 5.56 Å². The minimum Gasteiger partial charge on any atom is -0.495 e. The molecule has 1 aromatic heterocycles. The summed E-state index contributed by atoms with van der Waals surface area (Å²) in [6, 6.07) is 10.9. The molecule has 0 spiro atoms. The maximum atomic E-state index is 12.9. The highest BCUT2D eigenvalue weighted by Gasteiger charge is 2.30.